The first-order valence-electron chi connectivity index (χ1n) is 14.8. The Morgan fingerprint density at radius 2 is 1.97 bits per heavy atom. The van der Waals surface area contributed by atoms with Crippen molar-refractivity contribution in [3.8, 4) is 0 Å². The Balaban J connectivity index is 1.64. The van der Waals surface area contributed by atoms with Crippen LogP contribution in [0.15, 0.2) is 11.6 Å². The number of aldehydes is 1. The number of methoxy groups -OCH3 is 1. The van der Waals surface area contributed by atoms with Gasteiger partial charge in [0.25, 0.3) is 0 Å². The zero-order valence-electron chi connectivity index (χ0n) is 23.9. The maximum absolute atomic E-state index is 13.9. The first-order chi connectivity index (χ1) is 18.5. The number of rotatable bonds is 10. The van der Waals surface area contributed by atoms with Gasteiger partial charge in [-0.3, -0.25) is 4.79 Å². The number of aliphatic hydroxyl groups excluding tert-OH is 2. The predicted octanol–water partition coefficient (Wildman–Crippen LogP) is 2.37. The van der Waals surface area contributed by atoms with Crippen LogP contribution in [0.4, 0.5) is 0 Å². The SMILES string of the molecule is CO[C@H]1[C@@H](O)[C@H](O)[C@H](OC[C@@]23C[C@@H]4[C@H](C)CC[C@H]4[C@@]4(C=O)C(CCCN)[C@H]2C=C(C(C)C)[C@@]34C(=O)O)O[C@@H]1C. The second-order valence-electron chi connectivity index (χ2n) is 13.3. The van der Waals surface area contributed by atoms with Gasteiger partial charge in [-0.15, -0.1) is 0 Å². The van der Waals surface area contributed by atoms with Gasteiger partial charge in [0.15, 0.2) is 6.29 Å². The Labute approximate surface area is 231 Å². The van der Waals surface area contributed by atoms with E-state index in [2.05, 4.69) is 13.0 Å². The molecule has 0 aromatic heterocycles. The van der Waals surface area contributed by atoms with Crippen LogP contribution in [-0.4, -0.2) is 78.5 Å². The normalized spacial score (nSPS) is 50.2. The summed E-state index contributed by atoms with van der Waals surface area (Å²) in [4.78, 5) is 27.5. The summed E-state index contributed by atoms with van der Waals surface area (Å²) in [5.41, 5.74) is 3.44. The molecule has 5 N–H and O–H groups in total. The number of carboxylic acids is 1. The van der Waals surface area contributed by atoms with Crippen LogP contribution in [0.1, 0.15) is 59.8 Å². The Bertz CT molecular complexity index is 1000. The Kier molecular flexibility index (Phi) is 7.60. The highest BCUT2D eigenvalue weighted by atomic mass is 16.7. The standard InChI is InChI=1S/C30H47NO8/c1-15(2)21-11-22-20(7-6-10-31)29(13-32)19-9-8-16(3)18(19)12-28(22,30(21,29)27(35)36)14-38-26-24(34)23(33)25(37-5)17(4)39-26/h11,13,15-20,22-26,33-34H,6-10,12,14,31H2,1-5H3,(H,35,36)/t16-,17-,18-,19-,20?,22-,23+,24+,25-,26-,28+,29+,30-/m1/s1. The van der Waals surface area contributed by atoms with E-state index in [9.17, 15) is 24.9 Å². The van der Waals surface area contributed by atoms with E-state index in [1.54, 1.807) is 6.92 Å². The molecule has 0 aromatic rings. The fraction of sp³-hybridized carbons (Fsp3) is 0.867. The lowest BCUT2D eigenvalue weighted by Crippen LogP contribution is -2.65. The molecule has 0 amide bonds. The summed E-state index contributed by atoms with van der Waals surface area (Å²) in [5, 5.41) is 32.9. The number of allylic oxidation sites excluding steroid dienone is 1. The first-order valence-corrected chi connectivity index (χ1v) is 14.8. The third-order valence-corrected chi connectivity index (χ3v) is 11.7. The molecule has 0 radical (unpaired) electrons. The van der Waals surface area contributed by atoms with Crippen LogP contribution in [0.3, 0.4) is 0 Å². The van der Waals surface area contributed by atoms with Crippen molar-refractivity contribution in [3.05, 3.63) is 11.6 Å². The van der Waals surface area contributed by atoms with Gasteiger partial charge in [-0.25, -0.2) is 0 Å². The lowest BCUT2D eigenvalue weighted by molar-refractivity contribution is -0.306. The van der Waals surface area contributed by atoms with E-state index >= 15 is 0 Å². The average molecular weight is 550 g/mol. The fourth-order valence-electron chi connectivity index (χ4n) is 10.4. The minimum absolute atomic E-state index is 0.00900. The molecule has 1 heterocycles. The zero-order chi connectivity index (χ0) is 28.5. The molecule has 13 atom stereocenters. The highest BCUT2D eigenvalue weighted by molar-refractivity contribution is 5.91. The average Bonchev–Trinajstić information content (AvgIpc) is 3.46. The third kappa shape index (κ3) is 3.53. The number of fused-ring (bicyclic) bond motifs is 2. The van der Waals surface area contributed by atoms with Crippen molar-refractivity contribution in [2.45, 2.75) is 90.5 Å². The van der Waals surface area contributed by atoms with E-state index in [0.717, 1.165) is 24.7 Å². The van der Waals surface area contributed by atoms with E-state index in [0.29, 0.717) is 31.7 Å². The van der Waals surface area contributed by atoms with Crippen molar-refractivity contribution in [2.24, 2.45) is 57.5 Å². The third-order valence-electron chi connectivity index (χ3n) is 11.7. The van der Waals surface area contributed by atoms with Gasteiger partial charge in [0, 0.05) is 12.5 Å². The summed E-state index contributed by atoms with van der Waals surface area (Å²) >= 11 is 0. The second kappa shape index (κ2) is 10.2. The summed E-state index contributed by atoms with van der Waals surface area (Å²) in [6.07, 6.45) is 2.09. The lowest BCUT2D eigenvalue weighted by Gasteiger charge is -2.59. The summed E-state index contributed by atoms with van der Waals surface area (Å²) < 4.78 is 17.7. The summed E-state index contributed by atoms with van der Waals surface area (Å²) in [5.74, 6) is -0.767. The smallest absolute Gasteiger partial charge is 0.315 e. The van der Waals surface area contributed by atoms with Crippen LogP contribution in [0, 0.1) is 51.8 Å². The Morgan fingerprint density at radius 3 is 2.56 bits per heavy atom. The number of hydrogen-bond acceptors (Lipinski definition) is 8. The number of aliphatic hydroxyl groups is 2. The van der Waals surface area contributed by atoms with Crippen LogP contribution < -0.4 is 5.73 Å². The van der Waals surface area contributed by atoms with Crippen molar-refractivity contribution in [3.63, 3.8) is 0 Å². The van der Waals surface area contributed by atoms with E-state index in [1.165, 1.54) is 7.11 Å². The molecule has 220 valence electrons. The lowest BCUT2D eigenvalue weighted by atomic mass is 9.41. The van der Waals surface area contributed by atoms with E-state index in [4.69, 9.17) is 19.9 Å². The highest BCUT2D eigenvalue weighted by Gasteiger charge is 2.87. The second-order valence-corrected chi connectivity index (χ2v) is 13.3. The molecule has 1 saturated heterocycles. The number of carboxylic acid groups (broad SMARTS) is 1. The van der Waals surface area contributed by atoms with Crippen LogP contribution in [-0.2, 0) is 23.8 Å². The van der Waals surface area contributed by atoms with Gasteiger partial charge >= 0.3 is 5.97 Å². The number of hydrogen-bond donors (Lipinski definition) is 4. The number of carbonyl (C=O) groups is 2. The summed E-state index contributed by atoms with van der Waals surface area (Å²) in [7, 11) is 1.45. The highest BCUT2D eigenvalue weighted by Crippen LogP contribution is 2.84. The minimum atomic E-state index is -1.41. The van der Waals surface area contributed by atoms with Gasteiger partial charge in [0.1, 0.15) is 30.0 Å². The van der Waals surface area contributed by atoms with Gasteiger partial charge in [-0.1, -0.05) is 38.8 Å². The van der Waals surface area contributed by atoms with Crippen molar-refractivity contribution in [1.82, 2.24) is 0 Å². The maximum atomic E-state index is 13.9. The van der Waals surface area contributed by atoms with Crippen molar-refractivity contribution in [2.75, 3.05) is 20.3 Å². The molecule has 5 rings (SSSR count). The van der Waals surface area contributed by atoms with Gasteiger partial charge in [0.2, 0.25) is 0 Å². The van der Waals surface area contributed by atoms with Crippen molar-refractivity contribution in [1.29, 1.82) is 0 Å². The van der Waals surface area contributed by atoms with E-state index in [1.807, 2.05) is 13.8 Å². The van der Waals surface area contributed by atoms with Gasteiger partial charge < -0.3 is 40.1 Å². The molecular formula is C30H47NO8. The van der Waals surface area contributed by atoms with Crippen LogP contribution >= 0.6 is 0 Å². The van der Waals surface area contributed by atoms with Crippen LogP contribution in [0.2, 0.25) is 0 Å². The topological polar surface area (TPSA) is 149 Å². The Hall–Kier alpha value is -1.36. The Morgan fingerprint density at radius 1 is 1.26 bits per heavy atom. The molecule has 39 heavy (non-hydrogen) atoms. The van der Waals surface area contributed by atoms with Gasteiger partial charge in [-0.2, -0.15) is 0 Å². The van der Waals surface area contributed by atoms with Crippen molar-refractivity contribution >= 4 is 12.3 Å². The molecule has 5 aliphatic rings. The monoisotopic (exact) mass is 549 g/mol. The molecule has 4 aliphatic carbocycles. The number of nitrogens with two attached hydrogens (primary N) is 1. The molecule has 9 heteroatoms. The number of aliphatic carboxylic acids is 1. The van der Waals surface area contributed by atoms with Crippen molar-refractivity contribution < 1.29 is 39.1 Å². The zero-order valence-corrected chi connectivity index (χ0v) is 23.9. The fourth-order valence-corrected chi connectivity index (χ4v) is 10.4. The molecule has 4 fully saturated rings. The summed E-state index contributed by atoms with van der Waals surface area (Å²) in [6.45, 7) is 8.49. The largest absolute Gasteiger partial charge is 0.481 e. The molecule has 9 nitrogen and oxygen atoms in total. The van der Waals surface area contributed by atoms with Crippen LogP contribution in [0.5, 0.6) is 0 Å². The van der Waals surface area contributed by atoms with Crippen LogP contribution in [0.25, 0.3) is 0 Å². The van der Waals surface area contributed by atoms with Gasteiger partial charge in [-0.05, 0) is 74.7 Å². The molecular weight excluding hydrogens is 502 g/mol. The van der Waals surface area contributed by atoms with E-state index in [-0.39, 0.29) is 36.2 Å². The number of ether oxygens (including phenoxy) is 3. The van der Waals surface area contributed by atoms with Gasteiger partial charge in [0.05, 0.1) is 18.1 Å². The quantitative estimate of drug-likeness (QED) is 0.238. The summed E-state index contributed by atoms with van der Waals surface area (Å²) in [6, 6.07) is 0. The molecule has 1 aliphatic heterocycles. The maximum Gasteiger partial charge on any atom is 0.315 e. The van der Waals surface area contributed by atoms with E-state index < -0.39 is 52.9 Å². The molecule has 1 unspecified atom stereocenters. The molecule has 0 spiro atoms. The molecule has 4 bridgehead atoms. The minimum Gasteiger partial charge on any atom is -0.481 e. The number of carbonyl (C=O) groups excluding carboxylic acids is 1. The predicted molar refractivity (Wildman–Crippen MR) is 142 cm³/mol. The first kappa shape index (κ1) is 29.1. The molecule has 0 aromatic carbocycles. The molecule has 3 saturated carbocycles.